The van der Waals surface area contributed by atoms with Gasteiger partial charge in [-0.25, -0.2) is 0 Å². The first kappa shape index (κ1) is 22.4. The van der Waals surface area contributed by atoms with Crippen molar-refractivity contribution in [1.82, 2.24) is 5.32 Å². The van der Waals surface area contributed by atoms with E-state index in [9.17, 15) is 9.59 Å². The smallest absolute Gasteiger partial charge is 0.267 e. The zero-order chi connectivity index (χ0) is 22.4. The Balaban J connectivity index is 1.68. The van der Waals surface area contributed by atoms with Gasteiger partial charge in [0, 0.05) is 11.6 Å². The van der Waals surface area contributed by atoms with Gasteiger partial charge in [-0.2, -0.15) is 0 Å². The van der Waals surface area contributed by atoms with Crippen LogP contribution in [0.1, 0.15) is 35.3 Å². The van der Waals surface area contributed by atoms with Crippen molar-refractivity contribution in [2.24, 2.45) is 0 Å². The predicted molar refractivity (Wildman–Crippen MR) is 124 cm³/mol. The van der Waals surface area contributed by atoms with Gasteiger partial charge in [0.2, 0.25) is 0 Å². The maximum absolute atomic E-state index is 12.9. The molecule has 0 atom stereocenters. The summed E-state index contributed by atoms with van der Waals surface area (Å²) in [5.41, 5.74) is 1.79. The van der Waals surface area contributed by atoms with Gasteiger partial charge >= 0.3 is 0 Å². The SMILES string of the molecule is Cc1ccc(CNC(=O)c2ccccc2NC(=O)C(C)(C)Oc2ccc(Cl)cc2)cc1. The van der Waals surface area contributed by atoms with E-state index in [1.165, 1.54) is 0 Å². The average Bonchev–Trinajstić information content (AvgIpc) is 2.75. The first-order valence-electron chi connectivity index (χ1n) is 9.93. The van der Waals surface area contributed by atoms with E-state index >= 15 is 0 Å². The molecule has 5 nitrogen and oxygen atoms in total. The van der Waals surface area contributed by atoms with Crippen molar-refractivity contribution in [3.8, 4) is 5.75 Å². The van der Waals surface area contributed by atoms with Crippen LogP contribution >= 0.6 is 11.6 Å². The molecule has 31 heavy (non-hydrogen) atoms. The second-order valence-corrected chi connectivity index (χ2v) is 8.17. The molecule has 0 fully saturated rings. The van der Waals surface area contributed by atoms with Gasteiger partial charge in [-0.1, -0.05) is 53.6 Å². The van der Waals surface area contributed by atoms with Crippen LogP contribution < -0.4 is 15.4 Å². The summed E-state index contributed by atoms with van der Waals surface area (Å²) < 4.78 is 5.83. The molecule has 3 aromatic carbocycles. The van der Waals surface area contributed by atoms with Gasteiger partial charge in [-0.3, -0.25) is 9.59 Å². The lowest BCUT2D eigenvalue weighted by molar-refractivity contribution is -0.128. The van der Waals surface area contributed by atoms with Gasteiger partial charge in [0.25, 0.3) is 11.8 Å². The van der Waals surface area contributed by atoms with Gasteiger partial charge < -0.3 is 15.4 Å². The Bertz CT molecular complexity index is 1060. The molecular formula is C25H25ClN2O3. The minimum atomic E-state index is -1.17. The highest BCUT2D eigenvalue weighted by atomic mass is 35.5. The van der Waals surface area contributed by atoms with Crippen LogP contribution in [0.25, 0.3) is 0 Å². The van der Waals surface area contributed by atoms with Gasteiger partial charge in [0.15, 0.2) is 5.60 Å². The van der Waals surface area contributed by atoms with Gasteiger partial charge in [-0.15, -0.1) is 0 Å². The number of nitrogens with one attached hydrogen (secondary N) is 2. The second kappa shape index (κ2) is 9.67. The van der Waals surface area contributed by atoms with Crippen LogP contribution in [0.4, 0.5) is 5.69 Å². The predicted octanol–water partition coefficient (Wildman–Crippen LogP) is 5.37. The Morgan fingerprint density at radius 3 is 2.26 bits per heavy atom. The fourth-order valence-electron chi connectivity index (χ4n) is 2.89. The first-order valence-corrected chi connectivity index (χ1v) is 10.3. The molecule has 0 spiro atoms. The highest BCUT2D eigenvalue weighted by molar-refractivity contribution is 6.30. The number of anilines is 1. The van der Waals surface area contributed by atoms with Crippen molar-refractivity contribution in [3.05, 3.63) is 94.5 Å². The van der Waals surface area contributed by atoms with E-state index in [2.05, 4.69) is 10.6 Å². The Hall–Kier alpha value is -3.31. The van der Waals surface area contributed by atoms with E-state index in [0.717, 1.165) is 11.1 Å². The van der Waals surface area contributed by atoms with Crippen LogP contribution in [-0.2, 0) is 11.3 Å². The number of hydrogen-bond acceptors (Lipinski definition) is 3. The molecule has 0 aromatic heterocycles. The molecule has 0 saturated heterocycles. The lowest BCUT2D eigenvalue weighted by atomic mass is 10.1. The number of rotatable bonds is 7. The maximum Gasteiger partial charge on any atom is 0.267 e. The monoisotopic (exact) mass is 436 g/mol. The fraction of sp³-hybridized carbons (Fsp3) is 0.200. The standard InChI is InChI=1S/C25H25ClN2O3/c1-17-8-10-18(11-9-17)16-27-23(29)21-6-4-5-7-22(21)28-24(30)25(2,3)31-20-14-12-19(26)13-15-20/h4-15H,16H2,1-3H3,(H,27,29)(H,28,30). The summed E-state index contributed by atoms with van der Waals surface area (Å²) in [7, 11) is 0. The minimum absolute atomic E-state index is 0.270. The Morgan fingerprint density at radius 2 is 1.58 bits per heavy atom. The van der Waals surface area contributed by atoms with E-state index in [1.54, 1.807) is 62.4 Å². The summed E-state index contributed by atoms with van der Waals surface area (Å²) in [5.74, 6) is -0.122. The molecule has 2 N–H and O–H groups in total. The molecule has 3 aromatic rings. The van der Waals surface area contributed by atoms with E-state index in [1.807, 2.05) is 31.2 Å². The fourth-order valence-corrected chi connectivity index (χ4v) is 3.02. The average molecular weight is 437 g/mol. The van der Waals surface area contributed by atoms with E-state index < -0.39 is 5.60 Å². The van der Waals surface area contributed by atoms with Crippen LogP contribution in [0.5, 0.6) is 5.75 Å². The number of aryl methyl sites for hydroxylation is 1. The quantitative estimate of drug-likeness (QED) is 0.522. The van der Waals surface area contributed by atoms with Gasteiger partial charge in [0.05, 0.1) is 11.3 Å². The summed E-state index contributed by atoms with van der Waals surface area (Å²) in [4.78, 5) is 25.7. The van der Waals surface area contributed by atoms with E-state index in [-0.39, 0.29) is 11.8 Å². The van der Waals surface area contributed by atoms with Crippen LogP contribution in [0, 0.1) is 6.92 Å². The zero-order valence-electron chi connectivity index (χ0n) is 17.7. The largest absolute Gasteiger partial charge is 0.478 e. The highest BCUT2D eigenvalue weighted by Gasteiger charge is 2.31. The lowest BCUT2D eigenvalue weighted by Crippen LogP contribution is -2.43. The number of hydrogen-bond donors (Lipinski definition) is 2. The van der Waals surface area contributed by atoms with Crippen molar-refractivity contribution >= 4 is 29.1 Å². The molecule has 0 radical (unpaired) electrons. The van der Waals surface area contributed by atoms with Crippen LogP contribution in [0.2, 0.25) is 5.02 Å². The third-order valence-electron chi connectivity index (χ3n) is 4.73. The van der Waals surface area contributed by atoms with Crippen LogP contribution in [-0.4, -0.2) is 17.4 Å². The van der Waals surface area contributed by atoms with E-state index in [0.29, 0.717) is 28.6 Å². The Kier molecular flexibility index (Phi) is 6.98. The summed E-state index contributed by atoms with van der Waals surface area (Å²) >= 11 is 5.90. The number of carbonyl (C=O) groups excluding carboxylic acids is 2. The summed E-state index contributed by atoms with van der Waals surface area (Å²) in [6.07, 6.45) is 0. The van der Waals surface area contributed by atoms with Crippen molar-refractivity contribution in [2.45, 2.75) is 32.9 Å². The molecular weight excluding hydrogens is 412 g/mol. The molecule has 0 unspecified atom stereocenters. The molecule has 3 rings (SSSR count). The van der Waals surface area contributed by atoms with Gasteiger partial charge in [0.1, 0.15) is 5.75 Å². The molecule has 0 saturated carbocycles. The summed E-state index contributed by atoms with van der Waals surface area (Å²) in [6.45, 7) is 5.74. The maximum atomic E-state index is 12.9. The Labute approximate surface area is 187 Å². The number of halogens is 1. The van der Waals surface area contributed by atoms with Crippen molar-refractivity contribution in [1.29, 1.82) is 0 Å². The number of amides is 2. The van der Waals surface area contributed by atoms with Crippen LogP contribution in [0.15, 0.2) is 72.8 Å². The summed E-state index contributed by atoms with van der Waals surface area (Å²) in [6, 6.07) is 21.6. The molecule has 160 valence electrons. The zero-order valence-corrected chi connectivity index (χ0v) is 18.5. The molecule has 6 heteroatoms. The third-order valence-corrected chi connectivity index (χ3v) is 4.98. The number of para-hydroxylation sites is 1. The van der Waals surface area contributed by atoms with Crippen molar-refractivity contribution in [3.63, 3.8) is 0 Å². The normalized spacial score (nSPS) is 11.0. The molecule has 0 bridgehead atoms. The minimum Gasteiger partial charge on any atom is -0.478 e. The van der Waals surface area contributed by atoms with Crippen molar-refractivity contribution < 1.29 is 14.3 Å². The lowest BCUT2D eigenvalue weighted by Gasteiger charge is -2.26. The number of carbonyl (C=O) groups is 2. The third kappa shape index (κ3) is 6.09. The van der Waals surface area contributed by atoms with Crippen molar-refractivity contribution in [2.75, 3.05) is 5.32 Å². The molecule has 0 aliphatic rings. The highest BCUT2D eigenvalue weighted by Crippen LogP contribution is 2.23. The molecule has 0 aliphatic carbocycles. The summed E-state index contributed by atoms with van der Waals surface area (Å²) in [5, 5.41) is 6.30. The van der Waals surface area contributed by atoms with Crippen LogP contribution in [0.3, 0.4) is 0 Å². The molecule has 2 amide bonds. The van der Waals surface area contributed by atoms with Gasteiger partial charge in [-0.05, 0) is 62.7 Å². The molecule has 0 aliphatic heterocycles. The number of benzene rings is 3. The molecule has 0 heterocycles. The Morgan fingerprint density at radius 1 is 0.935 bits per heavy atom. The first-order chi connectivity index (χ1) is 14.7. The number of ether oxygens (including phenoxy) is 1. The second-order valence-electron chi connectivity index (χ2n) is 7.73. The van der Waals surface area contributed by atoms with E-state index in [4.69, 9.17) is 16.3 Å². The topological polar surface area (TPSA) is 67.4 Å².